The molecule has 2 aliphatic rings. The van der Waals surface area contributed by atoms with Gasteiger partial charge in [0.2, 0.25) is 0 Å². The first kappa shape index (κ1) is 21.5. The molecule has 0 spiro atoms. The molecule has 0 radical (unpaired) electrons. The highest BCUT2D eigenvalue weighted by molar-refractivity contribution is 7.99. The number of carbonyl (C=O) groups is 1. The number of imidazole rings is 1. The van der Waals surface area contributed by atoms with Gasteiger partial charge in [-0.1, -0.05) is 18.2 Å². The molecule has 4 atom stereocenters. The Bertz CT molecular complexity index is 1220. The first-order valence-electron chi connectivity index (χ1n) is 10.1. The molecule has 0 amide bonds. The van der Waals surface area contributed by atoms with E-state index in [0.717, 1.165) is 5.69 Å². The summed E-state index contributed by atoms with van der Waals surface area (Å²) in [6, 6.07) is 8.71. The van der Waals surface area contributed by atoms with Gasteiger partial charge in [-0.25, -0.2) is 24.3 Å². The fraction of sp³-hybridized carbons (Fsp3) is 0.400. The monoisotopic (exact) mass is 476 g/mol. The van der Waals surface area contributed by atoms with Gasteiger partial charge in [0.1, 0.15) is 11.8 Å². The Labute approximate surface area is 187 Å². The SMILES string of the molecule is Cc1ncnc2c1nc1n2[C@H]2C[C@@H](COP(=O)(O)O)[C@H](C2)C(OC(=O)c2ccccc2)S1. The summed E-state index contributed by atoms with van der Waals surface area (Å²) in [4.78, 5) is 44.6. The van der Waals surface area contributed by atoms with Crippen molar-refractivity contribution in [2.24, 2.45) is 11.8 Å². The molecule has 12 heteroatoms. The van der Waals surface area contributed by atoms with E-state index in [1.807, 2.05) is 17.6 Å². The highest BCUT2D eigenvalue weighted by Crippen LogP contribution is 2.52. The minimum atomic E-state index is -4.61. The number of esters is 1. The van der Waals surface area contributed by atoms with Crippen molar-refractivity contribution in [2.75, 3.05) is 6.61 Å². The highest BCUT2D eigenvalue weighted by atomic mass is 32.2. The number of rotatable bonds is 5. The molecule has 3 heterocycles. The Kier molecular flexibility index (Phi) is 5.55. The van der Waals surface area contributed by atoms with Crippen LogP contribution in [0.4, 0.5) is 0 Å². The van der Waals surface area contributed by atoms with Crippen LogP contribution in [0.25, 0.3) is 11.2 Å². The number of aryl methyl sites for hydroxylation is 1. The topological polar surface area (TPSA) is 137 Å². The number of fused-ring (bicyclic) bond motifs is 6. The van der Waals surface area contributed by atoms with E-state index in [4.69, 9.17) is 14.2 Å². The molecule has 168 valence electrons. The van der Waals surface area contributed by atoms with Gasteiger partial charge in [0.25, 0.3) is 0 Å². The second-order valence-corrected chi connectivity index (χ2v) is 10.3. The summed E-state index contributed by atoms with van der Waals surface area (Å²) in [6.45, 7) is 1.74. The van der Waals surface area contributed by atoms with Gasteiger partial charge in [-0.05, 0) is 49.6 Å². The third kappa shape index (κ3) is 4.06. The molecule has 2 N–H and O–H groups in total. The van der Waals surface area contributed by atoms with Gasteiger partial charge in [-0.15, -0.1) is 0 Å². The maximum Gasteiger partial charge on any atom is 0.469 e. The van der Waals surface area contributed by atoms with Crippen LogP contribution in [-0.2, 0) is 13.8 Å². The molecule has 1 fully saturated rings. The molecular formula is C20H21N4O6PS. The average molecular weight is 476 g/mol. The van der Waals surface area contributed by atoms with Crippen LogP contribution in [-0.4, -0.2) is 47.3 Å². The van der Waals surface area contributed by atoms with Crippen molar-refractivity contribution in [2.45, 2.75) is 36.4 Å². The lowest BCUT2D eigenvalue weighted by atomic mass is 9.98. The van der Waals surface area contributed by atoms with Crippen LogP contribution in [0.5, 0.6) is 0 Å². The zero-order chi connectivity index (χ0) is 22.5. The number of ether oxygens (including phenoxy) is 1. The number of hydrogen-bond donors (Lipinski definition) is 2. The second-order valence-electron chi connectivity index (χ2n) is 7.99. The summed E-state index contributed by atoms with van der Waals surface area (Å²) in [5.74, 6) is -0.826. The van der Waals surface area contributed by atoms with Crippen molar-refractivity contribution in [3.05, 3.63) is 47.9 Å². The predicted octanol–water partition coefficient (Wildman–Crippen LogP) is 3.10. The Morgan fingerprint density at radius 2 is 2.03 bits per heavy atom. The highest BCUT2D eigenvalue weighted by Gasteiger charge is 2.47. The summed E-state index contributed by atoms with van der Waals surface area (Å²) in [7, 11) is -4.61. The van der Waals surface area contributed by atoms with E-state index in [0.29, 0.717) is 34.7 Å². The molecule has 1 aliphatic carbocycles. The molecule has 10 nitrogen and oxygen atoms in total. The van der Waals surface area contributed by atoms with Gasteiger partial charge < -0.3 is 19.1 Å². The largest absolute Gasteiger partial charge is 0.469 e. The summed E-state index contributed by atoms with van der Waals surface area (Å²) in [5, 5.41) is 0.691. The van der Waals surface area contributed by atoms with Gasteiger partial charge in [0.15, 0.2) is 16.2 Å². The minimum absolute atomic E-state index is 0.00685. The van der Waals surface area contributed by atoms with E-state index in [-0.39, 0.29) is 24.5 Å². The lowest BCUT2D eigenvalue weighted by molar-refractivity contribution is 0.0289. The van der Waals surface area contributed by atoms with E-state index >= 15 is 0 Å². The van der Waals surface area contributed by atoms with Crippen LogP contribution >= 0.6 is 19.6 Å². The predicted molar refractivity (Wildman–Crippen MR) is 115 cm³/mol. The molecular weight excluding hydrogens is 455 g/mol. The number of aromatic nitrogens is 4. The number of thioether (sulfide) groups is 1. The standard InChI is InChI=1S/C20H21N4O6PS/c1-11-16-17(22-10-21-11)24-14-7-13(9-29-31(26,27)28)15(8-14)19(32-20(24)23-16)30-18(25)12-5-3-2-4-6-12/h2-6,10,13-15,19H,7-9H2,1H3,(H2,26,27,28)/t13-,14-,15-,19?/m0/s1. The number of hydrogen-bond acceptors (Lipinski definition) is 8. The van der Waals surface area contributed by atoms with Crippen LogP contribution < -0.4 is 0 Å². The third-order valence-corrected chi connectivity index (χ3v) is 7.64. The molecule has 1 aromatic carbocycles. The molecule has 2 aromatic heterocycles. The molecule has 3 aromatic rings. The molecule has 1 unspecified atom stereocenters. The van der Waals surface area contributed by atoms with Crippen molar-refractivity contribution < 1.29 is 28.4 Å². The number of nitrogens with zero attached hydrogens (tertiary/aromatic N) is 4. The molecule has 32 heavy (non-hydrogen) atoms. The van der Waals surface area contributed by atoms with Crippen molar-refractivity contribution in [1.82, 2.24) is 19.5 Å². The van der Waals surface area contributed by atoms with E-state index in [1.165, 1.54) is 18.1 Å². The third-order valence-electron chi connectivity index (χ3n) is 5.98. The van der Waals surface area contributed by atoms with E-state index < -0.39 is 19.2 Å². The summed E-state index contributed by atoms with van der Waals surface area (Å²) < 4.78 is 24.1. The zero-order valence-electron chi connectivity index (χ0n) is 17.1. The number of benzene rings is 1. The molecule has 5 rings (SSSR count). The minimum Gasteiger partial charge on any atom is -0.447 e. The van der Waals surface area contributed by atoms with Gasteiger partial charge in [0.05, 0.1) is 17.9 Å². The van der Waals surface area contributed by atoms with Crippen LogP contribution in [0.15, 0.2) is 41.8 Å². The van der Waals surface area contributed by atoms with Crippen molar-refractivity contribution >= 4 is 36.7 Å². The van der Waals surface area contributed by atoms with Gasteiger partial charge >= 0.3 is 13.8 Å². The van der Waals surface area contributed by atoms with Gasteiger partial charge in [-0.3, -0.25) is 4.52 Å². The lowest BCUT2D eigenvalue weighted by Gasteiger charge is -2.27. The fourth-order valence-corrected chi connectivity index (χ4v) is 6.25. The van der Waals surface area contributed by atoms with Crippen molar-refractivity contribution in [1.29, 1.82) is 0 Å². The van der Waals surface area contributed by atoms with E-state index in [9.17, 15) is 19.1 Å². The Balaban J connectivity index is 1.51. The Morgan fingerprint density at radius 3 is 2.78 bits per heavy atom. The first-order valence-corrected chi connectivity index (χ1v) is 12.5. The Hall–Kier alpha value is -2.30. The van der Waals surface area contributed by atoms with Gasteiger partial charge in [-0.2, -0.15) is 0 Å². The smallest absolute Gasteiger partial charge is 0.447 e. The van der Waals surface area contributed by atoms with Crippen LogP contribution in [0.3, 0.4) is 0 Å². The Morgan fingerprint density at radius 1 is 1.25 bits per heavy atom. The molecule has 2 bridgehead atoms. The van der Waals surface area contributed by atoms with Gasteiger partial charge in [0, 0.05) is 12.0 Å². The lowest BCUT2D eigenvalue weighted by Crippen LogP contribution is -2.29. The maximum atomic E-state index is 12.8. The van der Waals surface area contributed by atoms with Crippen LogP contribution in [0.1, 0.15) is 34.9 Å². The van der Waals surface area contributed by atoms with Crippen molar-refractivity contribution in [3.8, 4) is 0 Å². The normalized spacial score (nSPS) is 24.8. The zero-order valence-corrected chi connectivity index (χ0v) is 18.8. The molecule has 0 saturated heterocycles. The summed E-state index contributed by atoms with van der Waals surface area (Å²) >= 11 is 1.33. The fourth-order valence-electron chi connectivity index (χ4n) is 4.52. The number of phosphoric acid groups is 1. The summed E-state index contributed by atoms with van der Waals surface area (Å²) in [6.07, 6.45) is 2.75. The summed E-state index contributed by atoms with van der Waals surface area (Å²) in [5.41, 5.74) is 1.99. The number of carbonyl (C=O) groups excluding carboxylic acids is 1. The molecule has 1 aliphatic heterocycles. The quantitative estimate of drug-likeness (QED) is 0.417. The van der Waals surface area contributed by atoms with E-state index in [1.54, 1.807) is 24.3 Å². The van der Waals surface area contributed by atoms with E-state index in [2.05, 4.69) is 9.97 Å². The maximum absolute atomic E-state index is 12.8. The van der Waals surface area contributed by atoms with Crippen molar-refractivity contribution in [3.63, 3.8) is 0 Å². The first-order chi connectivity index (χ1) is 15.3. The second kappa shape index (κ2) is 8.24. The van der Waals surface area contributed by atoms with Crippen LogP contribution in [0.2, 0.25) is 0 Å². The molecule has 1 saturated carbocycles. The average Bonchev–Trinajstić information content (AvgIpc) is 3.29. The van der Waals surface area contributed by atoms with Crippen LogP contribution in [0, 0.1) is 18.8 Å². The number of phosphoric ester groups is 1.